The number of alkyl halides is 3. The molecular weight excluding hydrogens is 161 g/mol. The Morgan fingerprint density at radius 3 is 2.55 bits per heavy atom. The van der Waals surface area contributed by atoms with Gasteiger partial charge >= 0.3 is 6.18 Å². The van der Waals surface area contributed by atoms with Crippen LogP contribution >= 0.6 is 0 Å². The summed E-state index contributed by atoms with van der Waals surface area (Å²) < 4.78 is 34.0. The number of hydrogen-bond donors (Lipinski definition) is 1. The number of halogens is 3. The number of carbonyl (C=O) groups excluding carboxylic acids is 1. The molecule has 0 aliphatic heterocycles. The Labute approximate surface area is 61.3 Å². The molecule has 0 saturated carbocycles. The summed E-state index contributed by atoms with van der Waals surface area (Å²) >= 11 is 0. The summed E-state index contributed by atoms with van der Waals surface area (Å²) in [6.07, 6.45) is -4.64. The van der Waals surface area contributed by atoms with Gasteiger partial charge in [0, 0.05) is 7.05 Å². The number of rotatable bonds is 2. The van der Waals surface area contributed by atoms with E-state index in [0.717, 1.165) is 0 Å². The zero-order chi connectivity index (χ0) is 8.91. The molecule has 3 nitrogen and oxygen atoms in total. The number of likely N-dealkylation sites (N-methyl/N-ethyl adjacent to an activating group) is 1. The van der Waals surface area contributed by atoms with Gasteiger partial charge in [-0.3, -0.25) is 9.79 Å². The van der Waals surface area contributed by atoms with Crippen LogP contribution < -0.4 is 5.32 Å². The predicted octanol–water partition coefficient (Wildman–Crippen LogP) is 0.365. The second kappa shape index (κ2) is 3.95. The maximum atomic E-state index is 11.3. The highest BCUT2D eigenvalue weighted by Gasteiger charge is 2.23. The van der Waals surface area contributed by atoms with Gasteiger partial charge in [0.25, 0.3) is 0 Å². The third kappa shape index (κ3) is 6.82. The fourth-order valence-corrected chi connectivity index (χ4v) is 0.311. The second-order valence-corrected chi connectivity index (χ2v) is 1.68. The van der Waals surface area contributed by atoms with E-state index >= 15 is 0 Å². The minimum absolute atomic E-state index is 0.206. The van der Waals surface area contributed by atoms with Crippen LogP contribution in [0.3, 0.4) is 0 Å². The Kier molecular flexibility index (Phi) is 3.56. The predicted molar refractivity (Wildman–Crippen MR) is 33.5 cm³/mol. The van der Waals surface area contributed by atoms with Crippen molar-refractivity contribution < 1.29 is 18.0 Å². The standard InChI is InChI=1S/C5H7F3N2O/c1-9-4(11)2-10-3-5(6,7)8/h3H,2H2,1H3,(H,9,11). The fraction of sp³-hybridized carbons (Fsp3) is 0.600. The third-order valence-electron chi connectivity index (χ3n) is 0.751. The monoisotopic (exact) mass is 168 g/mol. The van der Waals surface area contributed by atoms with Gasteiger partial charge in [-0.2, -0.15) is 13.2 Å². The number of hydrogen-bond acceptors (Lipinski definition) is 2. The lowest BCUT2D eigenvalue weighted by Crippen LogP contribution is -2.21. The second-order valence-electron chi connectivity index (χ2n) is 1.68. The molecule has 0 aromatic heterocycles. The minimum atomic E-state index is -4.44. The summed E-state index contributed by atoms with van der Waals surface area (Å²) in [5.74, 6) is -0.550. The maximum absolute atomic E-state index is 11.3. The largest absolute Gasteiger partial charge is 0.426 e. The molecule has 0 rings (SSSR count). The molecule has 0 saturated heterocycles. The first-order valence-corrected chi connectivity index (χ1v) is 2.74. The molecule has 0 aliphatic carbocycles. The van der Waals surface area contributed by atoms with E-state index in [1.54, 1.807) is 0 Å². The van der Waals surface area contributed by atoms with E-state index in [1.807, 2.05) is 0 Å². The van der Waals surface area contributed by atoms with Crippen LogP contribution in [0.2, 0.25) is 0 Å². The highest BCUT2D eigenvalue weighted by atomic mass is 19.4. The van der Waals surface area contributed by atoms with Gasteiger partial charge in [0.15, 0.2) is 0 Å². The Bertz CT molecular complexity index is 164. The summed E-state index contributed by atoms with van der Waals surface area (Å²) in [6, 6.07) is 0. The first kappa shape index (κ1) is 9.93. The lowest BCUT2D eigenvalue weighted by molar-refractivity contribution is -0.119. The first-order valence-electron chi connectivity index (χ1n) is 2.74. The van der Waals surface area contributed by atoms with Crippen LogP contribution in [0.1, 0.15) is 0 Å². The van der Waals surface area contributed by atoms with Gasteiger partial charge in [0.1, 0.15) is 12.8 Å². The zero-order valence-corrected chi connectivity index (χ0v) is 5.77. The van der Waals surface area contributed by atoms with Crippen LogP contribution in [-0.4, -0.2) is 31.9 Å². The smallest absolute Gasteiger partial charge is 0.358 e. The van der Waals surface area contributed by atoms with Gasteiger partial charge in [-0.15, -0.1) is 0 Å². The highest BCUT2D eigenvalue weighted by Crippen LogP contribution is 2.09. The average molecular weight is 168 g/mol. The number of amides is 1. The van der Waals surface area contributed by atoms with E-state index in [4.69, 9.17) is 0 Å². The fourth-order valence-electron chi connectivity index (χ4n) is 0.311. The van der Waals surface area contributed by atoms with E-state index in [2.05, 4.69) is 10.3 Å². The molecule has 11 heavy (non-hydrogen) atoms. The van der Waals surface area contributed by atoms with Crippen molar-refractivity contribution in [2.45, 2.75) is 6.18 Å². The molecular formula is C5H7F3N2O. The summed E-state index contributed by atoms with van der Waals surface area (Å²) in [7, 11) is 1.32. The molecule has 64 valence electrons. The van der Waals surface area contributed by atoms with E-state index in [1.165, 1.54) is 7.05 Å². The van der Waals surface area contributed by atoms with Gasteiger partial charge in [-0.1, -0.05) is 0 Å². The van der Waals surface area contributed by atoms with Crippen molar-refractivity contribution >= 4 is 12.1 Å². The van der Waals surface area contributed by atoms with Crippen molar-refractivity contribution in [3.8, 4) is 0 Å². The molecule has 0 spiro atoms. The molecule has 6 heteroatoms. The summed E-state index contributed by atoms with van der Waals surface area (Å²) in [5.41, 5.74) is 0. The van der Waals surface area contributed by atoms with Gasteiger partial charge in [-0.05, 0) is 0 Å². The van der Waals surface area contributed by atoms with Crippen molar-refractivity contribution in [3.63, 3.8) is 0 Å². The first-order chi connectivity index (χ1) is 4.95. The number of nitrogens with zero attached hydrogens (tertiary/aromatic N) is 1. The number of aliphatic imine (C=N–C) groups is 1. The van der Waals surface area contributed by atoms with Crippen LogP contribution in [0.15, 0.2) is 4.99 Å². The topological polar surface area (TPSA) is 41.5 Å². The van der Waals surface area contributed by atoms with E-state index < -0.39 is 18.6 Å². The van der Waals surface area contributed by atoms with Gasteiger partial charge < -0.3 is 5.32 Å². The molecule has 0 atom stereocenters. The molecule has 0 aromatic rings. The molecule has 0 aromatic carbocycles. The molecule has 0 radical (unpaired) electrons. The van der Waals surface area contributed by atoms with Gasteiger partial charge in [-0.25, -0.2) is 0 Å². The molecule has 0 heterocycles. The normalized spacial score (nSPS) is 12.0. The van der Waals surface area contributed by atoms with Crippen LogP contribution in [0.4, 0.5) is 13.2 Å². The molecule has 0 aliphatic rings. The molecule has 1 amide bonds. The van der Waals surface area contributed by atoms with Crippen molar-refractivity contribution in [2.24, 2.45) is 4.99 Å². The van der Waals surface area contributed by atoms with E-state index in [-0.39, 0.29) is 6.21 Å². The van der Waals surface area contributed by atoms with Gasteiger partial charge in [0.2, 0.25) is 5.91 Å². The molecule has 0 unspecified atom stereocenters. The van der Waals surface area contributed by atoms with E-state index in [0.29, 0.717) is 0 Å². The third-order valence-corrected chi connectivity index (χ3v) is 0.751. The van der Waals surface area contributed by atoms with Crippen LogP contribution in [-0.2, 0) is 4.79 Å². The summed E-state index contributed by atoms with van der Waals surface area (Å²) in [5, 5.41) is 2.13. The summed E-state index contributed by atoms with van der Waals surface area (Å²) in [6.45, 7) is -0.490. The van der Waals surface area contributed by atoms with Crippen LogP contribution in [0, 0.1) is 0 Å². The van der Waals surface area contributed by atoms with Crippen LogP contribution in [0.25, 0.3) is 0 Å². The number of carbonyl (C=O) groups is 1. The highest BCUT2D eigenvalue weighted by molar-refractivity contribution is 5.79. The Morgan fingerprint density at radius 1 is 1.64 bits per heavy atom. The zero-order valence-electron chi connectivity index (χ0n) is 5.77. The average Bonchev–Trinajstić information content (AvgIpc) is 1.85. The Morgan fingerprint density at radius 2 is 2.18 bits per heavy atom. The lowest BCUT2D eigenvalue weighted by Gasteiger charge is -1.96. The Hall–Kier alpha value is -1.07. The quantitative estimate of drug-likeness (QED) is 0.594. The van der Waals surface area contributed by atoms with E-state index in [9.17, 15) is 18.0 Å². The summed E-state index contributed by atoms with van der Waals surface area (Å²) in [4.78, 5) is 13.2. The molecule has 0 bridgehead atoms. The minimum Gasteiger partial charge on any atom is -0.358 e. The number of nitrogens with one attached hydrogen (secondary N) is 1. The molecule has 1 N–H and O–H groups in total. The van der Waals surface area contributed by atoms with Crippen molar-refractivity contribution in [3.05, 3.63) is 0 Å². The van der Waals surface area contributed by atoms with Crippen molar-refractivity contribution in [2.75, 3.05) is 13.6 Å². The molecule has 0 fully saturated rings. The Balaban J connectivity index is 3.70. The maximum Gasteiger partial charge on any atom is 0.426 e. The van der Waals surface area contributed by atoms with Crippen molar-refractivity contribution in [1.29, 1.82) is 0 Å². The van der Waals surface area contributed by atoms with Gasteiger partial charge in [0.05, 0.1) is 0 Å². The SMILES string of the molecule is CNC(=O)CN=CC(F)(F)F. The van der Waals surface area contributed by atoms with Crippen LogP contribution in [0.5, 0.6) is 0 Å². The lowest BCUT2D eigenvalue weighted by atomic mass is 10.6. The van der Waals surface area contributed by atoms with Crippen molar-refractivity contribution in [1.82, 2.24) is 5.32 Å².